The second-order valence-electron chi connectivity index (χ2n) is 4.52. The summed E-state index contributed by atoms with van der Waals surface area (Å²) in [4.78, 5) is 1.27. The van der Waals surface area contributed by atoms with Gasteiger partial charge in [-0.05, 0) is 58.9 Å². The molecule has 1 unspecified atom stereocenters. The first-order valence-electron chi connectivity index (χ1n) is 5.92. The molecule has 0 aliphatic heterocycles. The van der Waals surface area contributed by atoms with Gasteiger partial charge in [-0.3, -0.25) is 0 Å². The van der Waals surface area contributed by atoms with Crippen LogP contribution in [-0.2, 0) is 10.0 Å². The van der Waals surface area contributed by atoms with Gasteiger partial charge in [-0.15, -0.1) is 11.3 Å². The summed E-state index contributed by atoms with van der Waals surface area (Å²) in [5, 5.41) is 10.5. The Kier molecular flexibility index (Phi) is 4.53. The smallest absolute Gasteiger partial charge is 0.238 e. The zero-order valence-electron chi connectivity index (χ0n) is 11.1. The number of thiophene rings is 1. The molecule has 2 rings (SSSR count). The maximum Gasteiger partial charge on any atom is 0.238 e. The van der Waals surface area contributed by atoms with Crippen LogP contribution in [0.25, 0.3) is 0 Å². The topological polar surface area (TPSA) is 72.2 Å². The van der Waals surface area contributed by atoms with Gasteiger partial charge in [-0.25, -0.2) is 13.6 Å². The summed E-state index contributed by atoms with van der Waals surface area (Å²) < 4.78 is 23.9. The highest BCUT2D eigenvalue weighted by Gasteiger charge is 2.14. The van der Waals surface area contributed by atoms with Crippen LogP contribution in [0.1, 0.15) is 23.4 Å². The maximum absolute atomic E-state index is 11.4. The van der Waals surface area contributed by atoms with Crippen molar-refractivity contribution < 1.29 is 8.42 Å². The number of hydrogen-bond acceptors (Lipinski definition) is 4. The zero-order valence-corrected chi connectivity index (χ0v) is 14.3. The number of rotatable bonds is 4. The molecule has 108 valence electrons. The van der Waals surface area contributed by atoms with Gasteiger partial charge in [-0.1, -0.05) is 6.07 Å². The molecule has 0 amide bonds. The van der Waals surface area contributed by atoms with Gasteiger partial charge < -0.3 is 5.32 Å². The van der Waals surface area contributed by atoms with E-state index in [0.717, 1.165) is 20.6 Å². The molecule has 20 heavy (non-hydrogen) atoms. The molecule has 7 heteroatoms. The van der Waals surface area contributed by atoms with E-state index in [2.05, 4.69) is 21.2 Å². The fraction of sp³-hybridized carbons (Fsp3) is 0.231. The number of primary sulfonamides is 1. The van der Waals surface area contributed by atoms with Crippen molar-refractivity contribution in [3.63, 3.8) is 0 Å². The Morgan fingerprint density at radius 1 is 1.35 bits per heavy atom. The van der Waals surface area contributed by atoms with Gasteiger partial charge in [-0.2, -0.15) is 0 Å². The van der Waals surface area contributed by atoms with Gasteiger partial charge >= 0.3 is 0 Å². The maximum atomic E-state index is 11.4. The standard InChI is InChI=1S/C13H15BrN2O2S2/c1-8-3-4-10(20(15,17)18)7-12(8)16-9(2)13-11(14)5-6-19-13/h3-7,9,16H,1-2H3,(H2,15,17,18). The van der Waals surface area contributed by atoms with E-state index < -0.39 is 10.0 Å². The number of benzene rings is 1. The minimum absolute atomic E-state index is 0.0683. The molecule has 0 radical (unpaired) electrons. The van der Waals surface area contributed by atoms with E-state index in [0.29, 0.717) is 0 Å². The summed E-state index contributed by atoms with van der Waals surface area (Å²) in [6.45, 7) is 3.95. The van der Waals surface area contributed by atoms with Crippen molar-refractivity contribution in [1.29, 1.82) is 0 Å². The molecule has 3 N–H and O–H groups in total. The Balaban J connectivity index is 2.32. The zero-order chi connectivity index (χ0) is 14.9. The summed E-state index contributed by atoms with van der Waals surface area (Å²) in [5.41, 5.74) is 1.74. The van der Waals surface area contributed by atoms with Crippen molar-refractivity contribution >= 4 is 43.0 Å². The van der Waals surface area contributed by atoms with Crippen LogP contribution >= 0.6 is 27.3 Å². The van der Waals surface area contributed by atoms with Crippen molar-refractivity contribution in [3.05, 3.63) is 44.6 Å². The van der Waals surface area contributed by atoms with Crippen molar-refractivity contribution in [3.8, 4) is 0 Å². The first-order chi connectivity index (χ1) is 9.29. The fourth-order valence-corrected chi connectivity index (χ4v) is 4.11. The highest BCUT2D eigenvalue weighted by atomic mass is 79.9. The van der Waals surface area contributed by atoms with E-state index in [1.807, 2.05) is 25.3 Å². The minimum atomic E-state index is -3.69. The second kappa shape index (κ2) is 5.85. The van der Waals surface area contributed by atoms with Crippen LogP contribution in [0.3, 0.4) is 0 Å². The van der Waals surface area contributed by atoms with Crippen LogP contribution in [0.4, 0.5) is 5.69 Å². The fourth-order valence-electron chi connectivity index (χ4n) is 1.85. The number of sulfonamides is 1. The van der Waals surface area contributed by atoms with E-state index in [1.165, 1.54) is 6.07 Å². The lowest BCUT2D eigenvalue weighted by molar-refractivity contribution is 0.598. The van der Waals surface area contributed by atoms with Gasteiger partial charge in [0.2, 0.25) is 10.0 Å². The normalized spacial score (nSPS) is 13.2. The molecule has 2 aromatic rings. The Labute approximate surface area is 131 Å². The Hall–Kier alpha value is -0.890. The van der Waals surface area contributed by atoms with Gasteiger partial charge in [0, 0.05) is 15.0 Å². The molecule has 0 aliphatic carbocycles. The molecule has 0 fully saturated rings. The monoisotopic (exact) mass is 374 g/mol. The number of anilines is 1. The molecular formula is C13H15BrN2O2S2. The minimum Gasteiger partial charge on any atom is -0.377 e. The molecular weight excluding hydrogens is 360 g/mol. The second-order valence-corrected chi connectivity index (χ2v) is 7.88. The lowest BCUT2D eigenvalue weighted by Gasteiger charge is -2.17. The molecule has 4 nitrogen and oxygen atoms in total. The van der Waals surface area contributed by atoms with Crippen LogP contribution in [0.5, 0.6) is 0 Å². The van der Waals surface area contributed by atoms with Crippen LogP contribution in [-0.4, -0.2) is 8.42 Å². The van der Waals surface area contributed by atoms with Gasteiger partial charge in [0.05, 0.1) is 10.9 Å². The molecule has 0 saturated heterocycles. The first-order valence-corrected chi connectivity index (χ1v) is 9.14. The van der Waals surface area contributed by atoms with Gasteiger partial charge in [0.15, 0.2) is 0 Å². The van der Waals surface area contributed by atoms with Crippen molar-refractivity contribution in [2.75, 3.05) is 5.32 Å². The highest BCUT2D eigenvalue weighted by Crippen LogP contribution is 2.32. The average molecular weight is 375 g/mol. The summed E-state index contributed by atoms with van der Waals surface area (Å²) in [6, 6.07) is 6.90. The Bertz CT molecular complexity index is 726. The third-order valence-electron chi connectivity index (χ3n) is 2.95. The van der Waals surface area contributed by atoms with Crippen molar-refractivity contribution in [2.24, 2.45) is 5.14 Å². The van der Waals surface area contributed by atoms with Crippen LogP contribution in [0.2, 0.25) is 0 Å². The number of halogens is 1. The molecule has 0 spiro atoms. The predicted molar refractivity (Wildman–Crippen MR) is 86.6 cm³/mol. The molecule has 0 aliphatic rings. The van der Waals surface area contributed by atoms with E-state index >= 15 is 0 Å². The predicted octanol–water partition coefficient (Wildman–Crippen LogP) is 3.64. The van der Waals surface area contributed by atoms with E-state index in [9.17, 15) is 8.42 Å². The van der Waals surface area contributed by atoms with E-state index in [4.69, 9.17) is 5.14 Å². The van der Waals surface area contributed by atoms with Crippen molar-refractivity contribution in [1.82, 2.24) is 0 Å². The van der Waals surface area contributed by atoms with Crippen LogP contribution < -0.4 is 10.5 Å². The lowest BCUT2D eigenvalue weighted by Crippen LogP contribution is -2.13. The largest absolute Gasteiger partial charge is 0.377 e. The lowest BCUT2D eigenvalue weighted by atomic mass is 10.1. The first kappa shape index (κ1) is 15.5. The van der Waals surface area contributed by atoms with Crippen LogP contribution in [0, 0.1) is 6.92 Å². The van der Waals surface area contributed by atoms with Gasteiger partial charge in [0.1, 0.15) is 0 Å². The number of nitrogens with one attached hydrogen (secondary N) is 1. The third kappa shape index (κ3) is 3.41. The molecule has 1 heterocycles. The summed E-state index contributed by atoms with van der Waals surface area (Å²) >= 11 is 5.14. The molecule has 0 saturated carbocycles. The number of nitrogens with two attached hydrogens (primary N) is 1. The van der Waals surface area contributed by atoms with E-state index in [1.54, 1.807) is 23.5 Å². The third-order valence-corrected chi connectivity index (χ3v) is 5.91. The molecule has 1 aromatic carbocycles. The van der Waals surface area contributed by atoms with E-state index in [-0.39, 0.29) is 10.9 Å². The highest BCUT2D eigenvalue weighted by molar-refractivity contribution is 9.10. The number of hydrogen-bond donors (Lipinski definition) is 2. The van der Waals surface area contributed by atoms with Gasteiger partial charge in [0.25, 0.3) is 0 Å². The summed E-state index contributed by atoms with van der Waals surface area (Å²) in [6.07, 6.45) is 0. The molecule has 0 bridgehead atoms. The Morgan fingerprint density at radius 2 is 2.05 bits per heavy atom. The number of aryl methyl sites for hydroxylation is 1. The quantitative estimate of drug-likeness (QED) is 0.857. The average Bonchev–Trinajstić information content (AvgIpc) is 2.77. The van der Waals surface area contributed by atoms with Crippen molar-refractivity contribution in [2.45, 2.75) is 24.8 Å². The summed E-state index contributed by atoms with van der Waals surface area (Å²) in [7, 11) is -3.69. The van der Waals surface area contributed by atoms with Crippen LogP contribution in [0.15, 0.2) is 39.0 Å². The molecule has 1 atom stereocenters. The SMILES string of the molecule is Cc1ccc(S(N)(=O)=O)cc1NC(C)c1sccc1Br. The Morgan fingerprint density at radius 3 is 2.60 bits per heavy atom. The summed E-state index contributed by atoms with van der Waals surface area (Å²) in [5.74, 6) is 0. The molecule has 1 aromatic heterocycles.